The first kappa shape index (κ1) is 9.65. The van der Waals surface area contributed by atoms with Crippen LogP contribution in [0.1, 0.15) is 6.42 Å². The van der Waals surface area contributed by atoms with Crippen molar-refractivity contribution in [3.8, 4) is 0 Å². The van der Waals surface area contributed by atoms with Gasteiger partial charge >= 0.3 is 0 Å². The number of hydrogen-bond acceptors (Lipinski definition) is 3. The first-order chi connectivity index (χ1) is 6.23. The molecule has 0 aliphatic carbocycles. The Labute approximate surface area is 85.8 Å². The summed E-state index contributed by atoms with van der Waals surface area (Å²) in [6.45, 7) is 0. The standard InChI is InChI=1S/C9H13BrO3/c1-12-9(5-10)7(11)4-6-2-3-8(9)13-6/h2-3,6-8,11H,4-5H2,1H3/t6-,7+,8+,9+/m1/s1. The third kappa shape index (κ3) is 1.28. The van der Waals surface area contributed by atoms with Gasteiger partial charge in [-0.3, -0.25) is 0 Å². The molecule has 4 atom stereocenters. The van der Waals surface area contributed by atoms with Crippen molar-refractivity contribution in [3.63, 3.8) is 0 Å². The van der Waals surface area contributed by atoms with Gasteiger partial charge in [0.05, 0.1) is 12.2 Å². The van der Waals surface area contributed by atoms with E-state index in [1.807, 2.05) is 12.2 Å². The number of halogens is 1. The van der Waals surface area contributed by atoms with Gasteiger partial charge < -0.3 is 14.6 Å². The maximum Gasteiger partial charge on any atom is 0.133 e. The molecule has 1 N–H and O–H groups in total. The Hall–Kier alpha value is 0.100. The van der Waals surface area contributed by atoms with Gasteiger partial charge in [0, 0.05) is 18.9 Å². The fraction of sp³-hybridized carbons (Fsp3) is 0.778. The SMILES string of the molecule is CO[C@]1(CBr)[C@@H]2C=C[C@H](C[C@@H]1O)O2. The van der Waals surface area contributed by atoms with Gasteiger partial charge in [0.1, 0.15) is 11.7 Å². The van der Waals surface area contributed by atoms with Gasteiger partial charge in [-0.25, -0.2) is 0 Å². The lowest BCUT2D eigenvalue weighted by atomic mass is 9.88. The minimum Gasteiger partial charge on any atom is -0.390 e. The van der Waals surface area contributed by atoms with Crippen molar-refractivity contribution in [1.82, 2.24) is 0 Å². The minimum atomic E-state index is -0.608. The van der Waals surface area contributed by atoms with Gasteiger partial charge in [-0.2, -0.15) is 0 Å². The highest BCUT2D eigenvalue weighted by molar-refractivity contribution is 9.09. The third-order valence-electron chi connectivity index (χ3n) is 2.91. The van der Waals surface area contributed by atoms with Gasteiger partial charge in [-0.1, -0.05) is 28.1 Å². The first-order valence-corrected chi connectivity index (χ1v) is 5.48. The van der Waals surface area contributed by atoms with E-state index in [1.54, 1.807) is 7.11 Å². The Morgan fingerprint density at radius 1 is 1.69 bits per heavy atom. The van der Waals surface area contributed by atoms with Crippen molar-refractivity contribution in [2.75, 3.05) is 12.4 Å². The zero-order chi connectivity index (χ0) is 9.47. The molecule has 13 heavy (non-hydrogen) atoms. The molecule has 0 aromatic rings. The van der Waals surface area contributed by atoms with Crippen molar-refractivity contribution in [3.05, 3.63) is 12.2 Å². The van der Waals surface area contributed by atoms with Crippen LogP contribution in [0.25, 0.3) is 0 Å². The summed E-state index contributed by atoms with van der Waals surface area (Å²) in [6, 6.07) is 0. The van der Waals surface area contributed by atoms with Crippen LogP contribution in [0.3, 0.4) is 0 Å². The fourth-order valence-corrected chi connectivity index (χ4v) is 2.92. The number of aliphatic hydroxyl groups excluding tert-OH is 1. The Morgan fingerprint density at radius 2 is 2.46 bits per heavy atom. The van der Waals surface area contributed by atoms with Crippen LogP contribution in [0.2, 0.25) is 0 Å². The Kier molecular flexibility index (Phi) is 2.49. The molecular weight excluding hydrogens is 236 g/mol. The summed E-state index contributed by atoms with van der Waals surface area (Å²) < 4.78 is 11.0. The lowest BCUT2D eigenvalue weighted by molar-refractivity contribution is -0.196. The van der Waals surface area contributed by atoms with Crippen LogP contribution < -0.4 is 0 Å². The summed E-state index contributed by atoms with van der Waals surface area (Å²) in [5, 5.41) is 10.5. The van der Waals surface area contributed by atoms with Crippen LogP contribution in [-0.4, -0.2) is 41.5 Å². The summed E-state index contributed by atoms with van der Waals surface area (Å²) in [4.78, 5) is 0. The van der Waals surface area contributed by atoms with Gasteiger partial charge in [-0.05, 0) is 0 Å². The molecule has 0 aromatic heterocycles. The molecular formula is C9H13BrO3. The molecule has 0 spiro atoms. The Morgan fingerprint density at radius 3 is 3.08 bits per heavy atom. The zero-order valence-corrected chi connectivity index (χ0v) is 9.03. The van der Waals surface area contributed by atoms with E-state index in [2.05, 4.69) is 15.9 Å². The first-order valence-electron chi connectivity index (χ1n) is 4.36. The van der Waals surface area contributed by atoms with Crippen LogP contribution in [0, 0.1) is 0 Å². The number of methoxy groups -OCH3 is 1. The van der Waals surface area contributed by atoms with E-state index in [0.717, 1.165) is 0 Å². The number of rotatable bonds is 2. The smallest absolute Gasteiger partial charge is 0.133 e. The Balaban J connectivity index is 2.28. The molecule has 0 radical (unpaired) electrons. The van der Waals surface area contributed by atoms with Crippen LogP contribution in [0.15, 0.2) is 12.2 Å². The fourth-order valence-electron chi connectivity index (χ4n) is 2.00. The zero-order valence-electron chi connectivity index (χ0n) is 7.44. The monoisotopic (exact) mass is 248 g/mol. The number of fused-ring (bicyclic) bond motifs is 2. The van der Waals surface area contributed by atoms with E-state index < -0.39 is 11.7 Å². The molecule has 0 unspecified atom stereocenters. The topological polar surface area (TPSA) is 38.7 Å². The molecule has 2 rings (SSSR count). The largest absolute Gasteiger partial charge is 0.390 e. The molecule has 2 heterocycles. The molecule has 4 heteroatoms. The van der Waals surface area contributed by atoms with E-state index in [4.69, 9.17) is 9.47 Å². The molecule has 2 aliphatic rings. The lowest BCUT2D eigenvalue weighted by Gasteiger charge is -2.43. The van der Waals surface area contributed by atoms with Crippen LogP contribution in [0.4, 0.5) is 0 Å². The second kappa shape index (κ2) is 3.35. The van der Waals surface area contributed by atoms with Gasteiger partial charge in [0.25, 0.3) is 0 Å². The molecule has 2 bridgehead atoms. The highest BCUT2D eigenvalue weighted by Gasteiger charge is 2.51. The van der Waals surface area contributed by atoms with Gasteiger partial charge in [-0.15, -0.1) is 0 Å². The molecule has 1 fully saturated rings. The highest BCUT2D eigenvalue weighted by atomic mass is 79.9. The van der Waals surface area contributed by atoms with Crippen LogP contribution in [0.5, 0.6) is 0 Å². The molecule has 0 amide bonds. The second-order valence-electron chi connectivity index (χ2n) is 3.52. The number of hydrogen-bond donors (Lipinski definition) is 1. The molecule has 74 valence electrons. The Bertz CT molecular complexity index is 225. The molecule has 0 saturated carbocycles. The number of alkyl halides is 1. The summed E-state index contributed by atoms with van der Waals surface area (Å²) in [5.41, 5.74) is -0.608. The maximum atomic E-state index is 9.93. The quantitative estimate of drug-likeness (QED) is 0.582. The maximum absolute atomic E-state index is 9.93. The summed E-state index contributed by atoms with van der Waals surface area (Å²) in [5.74, 6) is 0. The second-order valence-corrected chi connectivity index (χ2v) is 4.08. The van der Waals surface area contributed by atoms with E-state index in [9.17, 15) is 5.11 Å². The van der Waals surface area contributed by atoms with E-state index in [-0.39, 0.29) is 12.2 Å². The van der Waals surface area contributed by atoms with E-state index in [1.165, 1.54) is 0 Å². The minimum absolute atomic E-state index is 0.0716. The average molecular weight is 249 g/mol. The number of aliphatic hydroxyl groups is 1. The van der Waals surface area contributed by atoms with Gasteiger partial charge in [0.15, 0.2) is 0 Å². The van der Waals surface area contributed by atoms with Crippen molar-refractivity contribution < 1.29 is 14.6 Å². The van der Waals surface area contributed by atoms with Crippen molar-refractivity contribution in [1.29, 1.82) is 0 Å². The molecule has 3 nitrogen and oxygen atoms in total. The molecule has 0 aromatic carbocycles. The van der Waals surface area contributed by atoms with E-state index >= 15 is 0 Å². The predicted octanol–water partition coefficient (Wildman–Crippen LogP) is 0.855. The van der Waals surface area contributed by atoms with Gasteiger partial charge in [0.2, 0.25) is 0 Å². The lowest BCUT2D eigenvalue weighted by Crippen LogP contribution is -2.58. The van der Waals surface area contributed by atoms with Crippen molar-refractivity contribution >= 4 is 15.9 Å². The normalized spacial score (nSPS) is 48.4. The molecule has 1 saturated heterocycles. The summed E-state index contributed by atoms with van der Waals surface area (Å²) in [7, 11) is 1.61. The number of ether oxygens (including phenoxy) is 2. The van der Waals surface area contributed by atoms with Crippen LogP contribution >= 0.6 is 15.9 Å². The average Bonchev–Trinajstić information content (AvgIpc) is 2.53. The van der Waals surface area contributed by atoms with E-state index in [0.29, 0.717) is 11.8 Å². The third-order valence-corrected chi connectivity index (χ3v) is 3.79. The van der Waals surface area contributed by atoms with Crippen molar-refractivity contribution in [2.24, 2.45) is 0 Å². The summed E-state index contributed by atoms with van der Waals surface area (Å²) in [6.07, 6.45) is 4.08. The van der Waals surface area contributed by atoms with Crippen molar-refractivity contribution in [2.45, 2.75) is 30.3 Å². The molecule has 2 aliphatic heterocycles. The van der Waals surface area contributed by atoms with Crippen LogP contribution in [-0.2, 0) is 9.47 Å². The highest BCUT2D eigenvalue weighted by Crippen LogP contribution is 2.38. The summed E-state index contributed by atoms with van der Waals surface area (Å²) >= 11 is 3.37. The predicted molar refractivity (Wildman–Crippen MR) is 52.0 cm³/mol.